The molecule has 78 valence electrons. The van der Waals surface area contributed by atoms with Crippen LogP contribution in [0.2, 0.25) is 0 Å². The van der Waals surface area contributed by atoms with Crippen molar-refractivity contribution in [2.45, 2.75) is 19.8 Å². The van der Waals surface area contributed by atoms with Crippen molar-refractivity contribution in [1.29, 1.82) is 0 Å². The maximum Gasteiger partial charge on any atom is 0.131 e. The molecule has 0 aliphatic carbocycles. The zero-order valence-electron chi connectivity index (χ0n) is 7.54. The maximum atomic E-state index is 8.86. The Morgan fingerprint density at radius 2 is 2.00 bits per heavy atom. The van der Waals surface area contributed by atoms with E-state index in [9.17, 15) is 0 Å². The van der Waals surface area contributed by atoms with Crippen LogP contribution in [-0.4, -0.2) is 20.8 Å². The van der Waals surface area contributed by atoms with E-state index in [4.69, 9.17) is 33.6 Å². The summed E-state index contributed by atoms with van der Waals surface area (Å²) in [4.78, 5) is 3.81. The summed E-state index contributed by atoms with van der Waals surface area (Å²) in [5, 5.41) is 18.3. The van der Waals surface area contributed by atoms with Gasteiger partial charge in [-0.2, -0.15) is 0 Å². The maximum absolute atomic E-state index is 8.86. The normalized spacial score (nSPS) is 18.4. The van der Waals surface area contributed by atoms with E-state index >= 15 is 0 Å². The van der Waals surface area contributed by atoms with Crippen molar-refractivity contribution in [1.82, 2.24) is 5.23 Å². The molecule has 0 unspecified atom stereocenters. The van der Waals surface area contributed by atoms with Gasteiger partial charge in [-0.3, -0.25) is 10.4 Å². The van der Waals surface area contributed by atoms with Gasteiger partial charge in [0.25, 0.3) is 0 Å². The zero-order valence-corrected chi connectivity index (χ0v) is 9.05. The Morgan fingerprint density at radius 3 is 2.57 bits per heavy atom. The van der Waals surface area contributed by atoms with Crippen molar-refractivity contribution in [3.8, 4) is 0 Å². The van der Waals surface area contributed by atoms with Crippen LogP contribution in [0.25, 0.3) is 0 Å². The van der Waals surface area contributed by atoms with Crippen LogP contribution >= 0.6 is 23.2 Å². The minimum Gasteiger partial charge on any atom is -0.264 e. The van der Waals surface area contributed by atoms with E-state index in [1.165, 1.54) is 6.20 Å². The fraction of sp³-hybridized carbons (Fsp3) is 0.375. The predicted molar refractivity (Wildman–Crippen MR) is 54.6 cm³/mol. The van der Waals surface area contributed by atoms with Crippen molar-refractivity contribution in [2.75, 3.05) is 0 Å². The highest BCUT2D eigenvalue weighted by Crippen LogP contribution is 2.25. The largest absolute Gasteiger partial charge is 0.264 e. The van der Waals surface area contributed by atoms with E-state index < -0.39 is 0 Å². The number of nitrogens with zero attached hydrogens (tertiary/aromatic N) is 2. The average molecular weight is 237 g/mol. The molecule has 6 heteroatoms. The van der Waals surface area contributed by atoms with Crippen LogP contribution in [0, 0.1) is 0 Å². The third kappa shape index (κ3) is 2.72. The van der Waals surface area contributed by atoms with Gasteiger partial charge in [0, 0.05) is 6.42 Å². The van der Waals surface area contributed by atoms with E-state index in [1.807, 2.05) is 0 Å². The second-order valence-corrected chi connectivity index (χ2v) is 3.72. The van der Waals surface area contributed by atoms with Crippen molar-refractivity contribution < 1.29 is 10.4 Å². The van der Waals surface area contributed by atoms with Crippen molar-refractivity contribution in [3.05, 3.63) is 22.5 Å². The highest BCUT2D eigenvalue weighted by molar-refractivity contribution is 6.65. The molecule has 0 aromatic carbocycles. The quantitative estimate of drug-likeness (QED) is 0.689. The molecule has 2 N–H and O–H groups in total. The van der Waals surface area contributed by atoms with E-state index in [0.717, 1.165) is 5.57 Å². The summed E-state index contributed by atoms with van der Waals surface area (Å²) >= 11 is 11.6. The predicted octanol–water partition coefficient (Wildman–Crippen LogP) is 2.85. The SMILES string of the molecule is CC1=C(Cl)C(N(O)O)=CN=C(Cl)CC1. The molecule has 14 heavy (non-hydrogen) atoms. The van der Waals surface area contributed by atoms with Gasteiger partial charge in [-0.05, 0) is 13.3 Å². The highest BCUT2D eigenvalue weighted by atomic mass is 35.5. The molecule has 0 aromatic rings. The molecule has 0 atom stereocenters. The van der Waals surface area contributed by atoms with Gasteiger partial charge in [-0.1, -0.05) is 28.8 Å². The molecule has 1 aliphatic rings. The summed E-state index contributed by atoms with van der Waals surface area (Å²) in [5.74, 6) is 0. The van der Waals surface area contributed by atoms with E-state index in [2.05, 4.69) is 4.99 Å². The van der Waals surface area contributed by atoms with E-state index in [-0.39, 0.29) is 16.0 Å². The zero-order chi connectivity index (χ0) is 10.7. The fourth-order valence-corrected chi connectivity index (χ4v) is 1.37. The first-order valence-corrected chi connectivity index (χ1v) is 4.74. The lowest BCUT2D eigenvalue weighted by atomic mass is 10.1. The van der Waals surface area contributed by atoms with Gasteiger partial charge < -0.3 is 0 Å². The second-order valence-electron chi connectivity index (χ2n) is 2.90. The van der Waals surface area contributed by atoms with Crippen LogP contribution in [-0.2, 0) is 0 Å². The number of rotatable bonds is 1. The molecule has 1 heterocycles. The first-order chi connectivity index (χ1) is 6.52. The molecule has 0 amide bonds. The summed E-state index contributed by atoms with van der Waals surface area (Å²) in [7, 11) is 0. The minimum absolute atomic E-state index is 0.0158. The summed E-state index contributed by atoms with van der Waals surface area (Å²) < 4.78 is 0. The summed E-state index contributed by atoms with van der Waals surface area (Å²) in [6.07, 6.45) is 2.46. The summed E-state index contributed by atoms with van der Waals surface area (Å²) in [6, 6.07) is 0. The monoisotopic (exact) mass is 236 g/mol. The molecule has 0 bridgehead atoms. The lowest BCUT2D eigenvalue weighted by molar-refractivity contribution is -0.276. The first kappa shape index (κ1) is 11.5. The Balaban J connectivity index is 3.11. The number of halogens is 2. The van der Waals surface area contributed by atoms with Crippen LogP contribution in [0.15, 0.2) is 27.5 Å². The Labute approximate surface area is 91.7 Å². The first-order valence-electron chi connectivity index (χ1n) is 3.98. The number of aliphatic imine (C=N–C) groups is 1. The van der Waals surface area contributed by atoms with Crippen LogP contribution < -0.4 is 0 Å². The number of hydrogen-bond donors (Lipinski definition) is 2. The number of hydroxylamine groups is 2. The third-order valence-corrected chi connectivity index (χ3v) is 2.65. The van der Waals surface area contributed by atoms with Crippen molar-refractivity contribution >= 4 is 28.4 Å². The topological polar surface area (TPSA) is 56.1 Å². The van der Waals surface area contributed by atoms with Gasteiger partial charge in [-0.15, -0.1) is 5.23 Å². The van der Waals surface area contributed by atoms with Crippen LogP contribution in [0.3, 0.4) is 0 Å². The molecule has 0 spiro atoms. The molecule has 0 saturated carbocycles. The fourth-order valence-electron chi connectivity index (χ4n) is 1.01. The highest BCUT2D eigenvalue weighted by Gasteiger charge is 2.14. The molecule has 1 aliphatic heterocycles. The Morgan fingerprint density at radius 1 is 1.36 bits per heavy atom. The Kier molecular flexibility index (Phi) is 3.95. The Hall–Kier alpha value is -0.550. The molecule has 0 aromatic heterocycles. The summed E-state index contributed by atoms with van der Waals surface area (Å²) in [5.41, 5.74) is 0.848. The lowest BCUT2D eigenvalue weighted by Gasteiger charge is -2.15. The molecular formula is C8H10Cl2N2O2. The van der Waals surface area contributed by atoms with E-state index in [0.29, 0.717) is 18.0 Å². The van der Waals surface area contributed by atoms with Gasteiger partial charge >= 0.3 is 0 Å². The number of allylic oxidation sites excluding steroid dienone is 2. The third-order valence-electron chi connectivity index (χ3n) is 1.85. The Bertz CT molecular complexity index is 321. The van der Waals surface area contributed by atoms with Gasteiger partial charge in [0.1, 0.15) is 10.9 Å². The van der Waals surface area contributed by atoms with Crippen molar-refractivity contribution in [2.24, 2.45) is 4.99 Å². The molecular weight excluding hydrogens is 227 g/mol. The molecule has 1 rings (SSSR count). The van der Waals surface area contributed by atoms with Gasteiger partial charge in [0.15, 0.2) is 0 Å². The van der Waals surface area contributed by atoms with Gasteiger partial charge in [0.05, 0.1) is 11.2 Å². The molecule has 0 saturated heterocycles. The van der Waals surface area contributed by atoms with Crippen LogP contribution in [0.4, 0.5) is 0 Å². The van der Waals surface area contributed by atoms with Crippen LogP contribution in [0.5, 0.6) is 0 Å². The molecule has 0 radical (unpaired) electrons. The smallest absolute Gasteiger partial charge is 0.131 e. The van der Waals surface area contributed by atoms with Crippen LogP contribution in [0.1, 0.15) is 19.8 Å². The van der Waals surface area contributed by atoms with Crippen molar-refractivity contribution in [3.63, 3.8) is 0 Å². The molecule has 4 nitrogen and oxygen atoms in total. The van der Waals surface area contributed by atoms with Gasteiger partial charge in [-0.25, -0.2) is 4.99 Å². The summed E-state index contributed by atoms with van der Waals surface area (Å²) in [6.45, 7) is 1.80. The minimum atomic E-state index is -0.0647. The molecule has 0 fully saturated rings. The second kappa shape index (κ2) is 4.79. The average Bonchev–Trinajstić information content (AvgIpc) is 2.12. The van der Waals surface area contributed by atoms with E-state index in [1.54, 1.807) is 6.92 Å². The lowest BCUT2D eigenvalue weighted by Crippen LogP contribution is -2.14. The van der Waals surface area contributed by atoms with Gasteiger partial charge in [0.2, 0.25) is 0 Å². The number of hydrogen-bond acceptors (Lipinski definition) is 4. The standard InChI is InChI=1S/C8H10Cl2N2O2/c1-5-2-3-7(9)11-4-6(8(5)10)12(13)14/h4,13-14H,2-3H2,1H3.